The number of nitrogens with one attached hydrogen (secondary N) is 1. The Labute approximate surface area is 117 Å². The summed E-state index contributed by atoms with van der Waals surface area (Å²) in [5.74, 6) is 0. The molecule has 0 aliphatic heterocycles. The molecule has 1 heterocycles. The predicted molar refractivity (Wildman–Crippen MR) is 81.6 cm³/mol. The van der Waals surface area contributed by atoms with Gasteiger partial charge in [0.05, 0.1) is 17.6 Å². The molecule has 1 saturated carbocycles. The van der Waals surface area contributed by atoms with Gasteiger partial charge in [-0.05, 0) is 45.9 Å². The van der Waals surface area contributed by atoms with Gasteiger partial charge in [0.1, 0.15) is 0 Å². The monoisotopic (exact) mass is 261 g/mol. The molecule has 1 aromatic rings. The first-order chi connectivity index (χ1) is 9.26. The molecule has 1 N–H and O–H groups in total. The molecule has 0 saturated heterocycles. The summed E-state index contributed by atoms with van der Waals surface area (Å²) < 4.78 is 0. The maximum Gasteiger partial charge on any atom is 0.0571 e. The molecule has 1 atom stereocenters. The summed E-state index contributed by atoms with van der Waals surface area (Å²) in [6, 6.07) is 5.42. The molecule has 1 fully saturated rings. The quantitative estimate of drug-likeness (QED) is 0.879. The molecule has 3 nitrogen and oxygen atoms in total. The van der Waals surface area contributed by atoms with Crippen molar-refractivity contribution in [2.24, 2.45) is 0 Å². The highest BCUT2D eigenvalue weighted by Crippen LogP contribution is 2.27. The van der Waals surface area contributed by atoms with E-state index < -0.39 is 0 Å². The van der Waals surface area contributed by atoms with Gasteiger partial charge in [-0.2, -0.15) is 0 Å². The zero-order chi connectivity index (χ0) is 13.7. The lowest BCUT2D eigenvalue weighted by atomic mass is 9.94. The van der Waals surface area contributed by atoms with Crippen LogP contribution in [0.5, 0.6) is 0 Å². The summed E-state index contributed by atoms with van der Waals surface area (Å²) >= 11 is 0. The molecule has 0 aromatic carbocycles. The minimum Gasteiger partial charge on any atom is -0.368 e. The van der Waals surface area contributed by atoms with E-state index in [1.807, 2.05) is 13.2 Å². The van der Waals surface area contributed by atoms with Crippen LogP contribution >= 0.6 is 0 Å². The first-order valence-corrected chi connectivity index (χ1v) is 7.66. The van der Waals surface area contributed by atoms with Gasteiger partial charge in [-0.3, -0.25) is 4.98 Å². The SMILES string of the molecule is CCN(c1ccc(C(C)NC)nc1)C1CCCCC1. The van der Waals surface area contributed by atoms with Crippen molar-refractivity contribution >= 4 is 5.69 Å². The third-order valence-corrected chi connectivity index (χ3v) is 4.34. The van der Waals surface area contributed by atoms with Crippen LogP contribution in [0.4, 0.5) is 5.69 Å². The van der Waals surface area contributed by atoms with Crippen LogP contribution in [0, 0.1) is 0 Å². The van der Waals surface area contributed by atoms with Gasteiger partial charge in [-0.1, -0.05) is 19.3 Å². The van der Waals surface area contributed by atoms with Crippen molar-refractivity contribution in [3.63, 3.8) is 0 Å². The third-order valence-electron chi connectivity index (χ3n) is 4.34. The topological polar surface area (TPSA) is 28.2 Å². The fourth-order valence-corrected chi connectivity index (χ4v) is 3.02. The number of hydrogen-bond donors (Lipinski definition) is 1. The van der Waals surface area contributed by atoms with Crippen LogP contribution in [-0.2, 0) is 0 Å². The Kier molecular flexibility index (Phi) is 5.20. The zero-order valence-electron chi connectivity index (χ0n) is 12.5. The first-order valence-electron chi connectivity index (χ1n) is 7.66. The van der Waals surface area contributed by atoms with Crippen molar-refractivity contribution in [3.05, 3.63) is 24.0 Å². The molecule has 1 unspecified atom stereocenters. The lowest BCUT2D eigenvalue weighted by molar-refractivity contribution is 0.418. The number of hydrogen-bond acceptors (Lipinski definition) is 3. The van der Waals surface area contributed by atoms with Crippen molar-refractivity contribution in [2.45, 2.75) is 58.0 Å². The molecule has 0 radical (unpaired) electrons. The summed E-state index contributed by atoms with van der Waals surface area (Å²) in [6.07, 6.45) is 8.88. The molecule has 1 aliphatic rings. The summed E-state index contributed by atoms with van der Waals surface area (Å²) in [5, 5.41) is 3.23. The highest BCUT2D eigenvalue weighted by Gasteiger charge is 2.20. The van der Waals surface area contributed by atoms with Crippen molar-refractivity contribution < 1.29 is 0 Å². The van der Waals surface area contributed by atoms with E-state index in [1.54, 1.807) is 0 Å². The van der Waals surface area contributed by atoms with Gasteiger partial charge >= 0.3 is 0 Å². The third kappa shape index (κ3) is 3.47. The summed E-state index contributed by atoms with van der Waals surface area (Å²) in [4.78, 5) is 7.14. The molecule has 2 rings (SSSR count). The number of anilines is 1. The van der Waals surface area contributed by atoms with Gasteiger partial charge in [-0.15, -0.1) is 0 Å². The molecular formula is C16H27N3. The van der Waals surface area contributed by atoms with E-state index in [-0.39, 0.29) is 0 Å². The molecule has 1 aliphatic carbocycles. The van der Waals surface area contributed by atoms with Crippen molar-refractivity contribution in [1.29, 1.82) is 0 Å². The standard InChI is InChI=1S/C16H27N3/c1-4-19(14-8-6-5-7-9-14)15-10-11-16(18-12-15)13(2)17-3/h10-14,17H,4-9H2,1-3H3. The molecule has 106 valence electrons. The smallest absolute Gasteiger partial charge is 0.0571 e. The summed E-state index contributed by atoms with van der Waals surface area (Å²) in [6.45, 7) is 5.47. The molecular weight excluding hydrogens is 234 g/mol. The maximum atomic E-state index is 4.61. The Morgan fingerprint density at radius 2 is 2.05 bits per heavy atom. The van der Waals surface area contributed by atoms with Gasteiger partial charge in [0.2, 0.25) is 0 Å². The average Bonchev–Trinajstić information content (AvgIpc) is 2.49. The van der Waals surface area contributed by atoms with Gasteiger partial charge < -0.3 is 10.2 Å². The molecule has 3 heteroatoms. The Hall–Kier alpha value is -1.09. The second-order valence-electron chi connectivity index (χ2n) is 5.53. The molecule has 0 amide bonds. The molecule has 0 spiro atoms. The van der Waals surface area contributed by atoms with E-state index >= 15 is 0 Å². The maximum absolute atomic E-state index is 4.61. The lowest BCUT2D eigenvalue weighted by Gasteiger charge is -2.35. The Balaban J connectivity index is 2.09. The van der Waals surface area contributed by atoms with Crippen molar-refractivity contribution in [3.8, 4) is 0 Å². The number of aromatic nitrogens is 1. The minimum atomic E-state index is 0.318. The lowest BCUT2D eigenvalue weighted by Crippen LogP contribution is -2.36. The fourth-order valence-electron chi connectivity index (χ4n) is 3.02. The largest absolute Gasteiger partial charge is 0.368 e. The van der Waals surface area contributed by atoms with Crippen LogP contribution in [0.3, 0.4) is 0 Å². The van der Waals surface area contributed by atoms with Crippen LogP contribution in [-0.4, -0.2) is 24.6 Å². The van der Waals surface area contributed by atoms with E-state index in [4.69, 9.17) is 0 Å². The van der Waals surface area contributed by atoms with Gasteiger partial charge in [-0.25, -0.2) is 0 Å². The van der Waals surface area contributed by atoms with E-state index in [1.165, 1.54) is 37.8 Å². The molecule has 1 aromatic heterocycles. The second kappa shape index (κ2) is 6.90. The number of pyridine rings is 1. The van der Waals surface area contributed by atoms with Gasteiger partial charge in [0, 0.05) is 18.6 Å². The van der Waals surface area contributed by atoms with E-state index in [9.17, 15) is 0 Å². The van der Waals surface area contributed by atoms with Crippen LogP contribution in [0.25, 0.3) is 0 Å². The van der Waals surface area contributed by atoms with Crippen LogP contribution < -0.4 is 10.2 Å². The highest BCUT2D eigenvalue weighted by molar-refractivity contribution is 5.46. The van der Waals surface area contributed by atoms with Crippen molar-refractivity contribution in [1.82, 2.24) is 10.3 Å². The van der Waals surface area contributed by atoms with E-state index in [0.29, 0.717) is 12.1 Å². The Morgan fingerprint density at radius 3 is 2.58 bits per heavy atom. The second-order valence-corrected chi connectivity index (χ2v) is 5.53. The van der Waals surface area contributed by atoms with Gasteiger partial charge in [0.15, 0.2) is 0 Å². The van der Waals surface area contributed by atoms with E-state index in [2.05, 4.69) is 41.2 Å². The Bertz CT molecular complexity index is 368. The summed E-state index contributed by atoms with van der Waals surface area (Å²) in [5.41, 5.74) is 2.40. The highest BCUT2D eigenvalue weighted by atomic mass is 15.2. The fraction of sp³-hybridized carbons (Fsp3) is 0.688. The van der Waals surface area contributed by atoms with Crippen LogP contribution in [0.2, 0.25) is 0 Å². The summed E-state index contributed by atoms with van der Waals surface area (Å²) in [7, 11) is 1.97. The van der Waals surface area contributed by atoms with Crippen molar-refractivity contribution in [2.75, 3.05) is 18.5 Å². The molecule has 19 heavy (non-hydrogen) atoms. The first kappa shape index (κ1) is 14.3. The van der Waals surface area contributed by atoms with Gasteiger partial charge in [0.25, 0.3) is 0 Å². The van der Waals surface area contributed by atoms with E-state index in [0.717, 1.165) is 12.2 Å². The minimum absolute atomic E-state index is 0.318. The Morgan fingerprint density at radius 1 is 1.32 bits per heavy atom. The average molecular weight is 261 g/mol. The predicted octanol–water partition coefficient (Wildman–Crippen LogP) is 3.52. The van der Waals surface area contributed by atoms with Crippen LogP contribution in [0.1, 0.15) is 57.7 Å². The van der Waals surface area contributed by atoms with Crippen LogP contribution in [0.15, 0.2) is 18.3 Å². The molecule has 0 bridgehead atoms. The number of nitrogens with zero attached hydrogens (tertiary/aromatic N) is 2. The normalized spacial score (nSPS) is 18.3. The zero-order valence-corrected chi connectivity index (χ0v) is 12.5. The number of rotatable bonds is 5.